The van der Waals surface area contributed by atoms with Crippen molar-refractivity contribution in [2.45, 2.75) is 25.9 Å². The summed E-state index contributed by atoms with van der Waals surface area (Å²) in [5.74, 6) is 0.931. The number of hydrogen-bond donors (Lipinski definition) is 1. The van der Waals surface area contributed by atoms with E-state index >= 15 is 0 Å². The van der Waals surface area contributed by atoms with Crippen molar-refractivity contribution < 1.29 is 0 Å². The summed E-state index contributed by atoms with van der Waals surface area (Å²) in [6.45, 7) is 6.25. The second-order valence-corrected chi connectivity index (χ2v) is 5.59. The number of nitrogens with zero attached hydrogens (tertiary/aromatic N) is 3. The molecule has 5 heteroatoms. The van der Waals surface area contributed by atoms with E-state index in [0.717, 1.165) is 29.7 Å². The quantitative estimate of drug-likeness (QED) is 0.869. The predicted molar refractivity (Wildman–Crippen MR) is 78.8 cm³/mol. The third-order valence-corrected chi connectivity index (χ3v) is 3.76. The van der Waals surface area contributed by atoms with Crippen molar-refractivity contribution in [3.63, 3.8) is 0 Å². The molecule has 1 aromatic heterocycles. The van der Waals surface area contributed by atoms with Crippen LogP contribution in [0.3, 0.4) is 0 Å². The molecule has 2 atom stereocenters. The van der Waals surface area contributed by atoms with Gasteiger partial charge in [0.25, 0.3) is 0 Å². The lowest BCUT2D eigenvalue weighted by Crippen LogP contribution is -2.54. The first kappa shape index (κ1) is 12.6. The van der Waals surface area contributed by atoms with Crippen LogP contribution in [-0.2, 0) is 0 Å². The Hall–Kier alpha value is -1.39. The van der Waals surface area contributed by atoms with Crippen LogP contribution < -0.4 is 10.2 Å². The summed E-state index contributed by atoms with van der Waals surface area (Å²) in [6, 6.07) is 8.93. The average molecular weight is 277 g/mol. The van der Waals surface area contributed by atoms with E-state index < -0.39 is 0 Å². The first-order chi connectivity index (χ1) is 9.15. The van der Waals surface area contributed by atoms with E-state index in [1.165, 1.54) is 0 Å². The maximum Gasteiger partial charge on any atom is 0.159 e. The van der Waals surface area contributed by atoms with Gasteiger partial charge in [-0.05, 0) is 13.8 Å². The van der Waals surface area contributed by atoms with Crippen LogP contribution in [0, 0.1) is 0 Å². The fraction of sp³-hybridized carbons (Fsp3) is 0.429. The number of aromatic nitrogens is 2. The highest BCUT2D eigenvalue weighted by Gasteiger charge is 2.23. The molecule has 1 aromatic carbocycles. The lowest BCUT2D eigenvalue weighted by atomic mass is 10.1. The van der Waals surface area contributed by atoms with Crippen LogP contribution in [0.15, 0.2) is 24.3 Å². The minimum absolute atomic E-state index is 0.444. The molecule has 3 rings (SSSR count). The minimum atomic E-state index is 0.444. The standard InChI is InChI=1S/C14H17ClN4/c1-9-7-19(8-10(2)16-9)14-12-6-4-3-5-11(12)13(15)17-18-14/h3-6,9-10,16H,7-8H2,1-2H3. The molecule has 0 saturated carbocycles. The molecule has 100 valence electrons. The Labute approximate surface area is 117 Å². The molecule has 1 fully saturated rings. The molecule has 4 nitrogen and oxygen atoms in total. The lowest BCUT2D eigenvalue weighted by molar-refractivity contribution is 0.405. The molecule has 0 bridgehead atoms. The second-order valence-electron chi connectivity index (χ2n) is 5.23. The van der Waals surface area contributed by atoms with Crippen molar-refractivity contribution in [2.24, 2.45) is 0 Å². The Morgan fingerprint density at radius 3 is 2.42 bits per heavy atom. The van der Waals surface area contributed by atoms with Gasteiger partial charge in [0.2, 0.25) is 0 Å². The van der Waals surface area contributed by atoms with Crippen molar-refractivity contribution in [1.82, 2.24) is 15.5 Å². The number of nitrogens with one attached hydrogen (secondary N) is 1. The normalized spacial score (nSPS) is 23.8. The van der Waals surface area contributed by atoms with Crippen LogP contribution in [0.4, 0.5) is 5.82 Å². The van der Waals surface area contributed by atoms with Crippen LogP contribution in [0.2, 0.25) is 5.15 Å². The van der Waals surface area contributed by atoms with Crippen LogP contribution in [0.5, 0.6) is 0 Å². The zero-order valence-electron chi connectivity index (χ0n) is 11.1. The molecule has 1 aliphatic heterocycles. The molecule has 19 heavy (non-hydrogen) atoms. The van der Waals surface area contributed by atoms with E-state index in [1.54, 1.807) is 0 Å². The van der Waals surface area contributed by atoms with Crippen LogP contribution in [-0.4, -0.2) is 35.4 Å². The number of anilines is 1. The Morgan fingerprint density at radius 2 is 1.74 bits per heavy atom. The number of hydrogen-bond acceptors (Lipinski definition) is 4. The van der Waals surface area contributed by atoms with Crippen molar-refractivity contribution in [3.8, 4) is 0 Å². The zero-order chi connectivity index (χ0) is 13.4. The molecule has 2 unspecified atom stereocenters. The van der Waals surface area contributed by atoms with Gasteiger partial charge in [-0.1, -0.05) is 35.9 Å². The van der Waals surface area contributed by atoms with E-state index in [-0.39, 0.29) is 0 Å². The highest BCUT2D eigenvalue weighted by Crippen LogP contribution is 2.28. The molecule has 2 aromatic rings. The number of piperazine rings is 1. The molecular weight excluding hydrogens is 260 g/mol. The lowest BCUT2D eigenvalue weighted by Gasteiger charge is -2.37. The highest BCUT2D eigenvalue weighted by molar-refractivity contribution is 6.34. The number of rotatable bonds is 1. The van der Waals surface area contributed by atoms with Gasteiger partial charge in [0.05, 0.1) is 0 Å². The molecule has 1 aliphatic rings. The van der Waals surface area contributed by atoms with Gasteiger partial charge in [-0.2, -0.15) is 0 Å². The fourth-order valence-corrected chi connectivity index (χ4v) is 2.99. The van der Waals surface area contributed by atoms with Crippen LogP contribution in [0.25, 0.3) is 10.8 Å². The fourth-order valence-electron chi connectivity index (χ4n) is 2.79. The predicted octanol–water partition coefficient (Wildman–Crippen LogP) is 2.47. The molecule has 0 spiro atoms. The first-order valence-corrected chi connectivity index (χ1v) is 6.95. The van der Waals surface area contributed by atoms with Gasteiger partial charge in [-0.25, -0.2) is 0 Å². The Morgan fingerprint density at radius 1 is 1.11 bits per heavy atom. The molecule has 0 amide bonds. The summed E-state index contributed by atoms with van der Waals surface area (Å²) in [4.78, 5) is 2.29. The van der Waals surface area contributed by atoms with Crippen molar-refractivity contribution in [3.05, 3.63) is 29.4 Å². The Balaban J connectivity index is 2.07. The van der Waals surface area contributed by atoms with Crippen molar-refractivity contribution >= 4 is 28.2 Å². The molecular formula is C14H17ClN4. The largest absolute Gasteiger partial charge is 0.352 e. The Kier molecular flexibility index (Phi) is 3.29. The number of halogens is 1. The molecule has 0 aliphatic carbocycles. The maximum absolute atomic E-state index is 6.12. The topological polar surface area (TPSA) is 41.1 Å². The average Bonchev–Trinajstić information content (AvgIpc) is 2.38. The van der Waals surface area contributed by atoms with E-state index in [2.05, 4.69) is 40.3 Å². The van der Waals surface area contributed by atoms with E-state index in [0.29, 0.717) is 17.2 Å². The van der Waals surface area contributed by atoms with Gasteiger partial charge < -0.3 is 10.2 Å². The molecule has 2 heterocycles. The number of fused-ring (bicyclic) bond motifs is 1. The van der Waals surface area contributed by atoms with Gasteiger partial charge in [-0.15, -0.1) is 10.2 Å². The number of benzene rings is 1. The highest BCUT2D eigenvalue weighted by atomic mass is 35.5. The van der Waals surface area contributed by atoms with Gasteiger partial charge >= 0.3 is 0 Å². The van der Waals surface area contributed by atoms with Crippen LogP contribution in [0.1, 0.15) is 13.8 Å². The van der Waals surface area contributed by atoms with Gasteiger partial charge in [0.1, 0.15) is 0 Å². The summed E-state index contributed by atoms with van der Waals surface area (Å²) in [5, 5.41) is 14.4. The molecule has 1 saturated heterocycles. The third kappa shape index (κ3) is 2.38. The van der Waals surface area contributed by atoms with Gasteiger partial charge in [0, 0.05) is 35.9 Å². The van der Waals surface area contributed by atoms with Gasteiger partial charge in [0.15, 0.2) is 11.0 Å². The van der Waals surface area contributed by atoms with Gasteiger partial charge in [-0.3, -0.25) is 0 Å². The van der Waals surface area contributed by atoms with Crippen molar-refractivity contribution in [2.75, 3.05) is 18.0 Å². The Bertz CT molecular complexity index is 591. The summed E-state index contributed by atoms with van der Waals surface area (Å²) in [7, 11) is 0. The monoisotopic (exact) mass is 276 g/mol. The summed E-state index contributed by atoms with van der Waals surface area (Å²) < 4.78 is 0. The minimum Gasteiger partial charge on any atom is -0.352 e. The summed E-state index contributed by atoms with van der Waals surface area (Å²) in [5.41, 5.74) is 0. The smallest absolute Gasteiger partial charge is 0.159 e. The molecule has 0 radical (unpaired) electrons. The van der Waals surface area contributed by atoms with E-state index in [4.69, 9.17) is 11.6 Å². The second kappa shape index (κ2) is 4.94. The summed E-state index contributed by atoms with van der Waals surface area (Å²) >= 11 is 6.12. The van der Waals surface area contributed by atoms with E-state index in [9.17, 15) is 0 Å². The maximum atomic E-state index is 6.12. The SMILES string of the molecule is CC1CN(c2nnc(Cl)c3ccccc23)CC(C)N1. The molecule has 1 N–H and O–H groups in total. The van der Waals surface area contributed by atoms with Crippen LogP contribution >= 0.6 is 11.6 Å². The van der Waals surface area contributed by atoms with Crippen molar-refractivity contribution in [1.29, 1.82) is 0 Å². The summed E-state index contributed by atoms with van der Waals surface area (Å²) in [6.07, 6.45) is 0. The zero-order valence-corrected chi connectivity index (χ0v) is 11.9. The van der Waals surface area contributed by atoms with E-state index in [1.807, 2.05) is 18.2 Å². The first-order valence-electron chi connectivity index (χ1n) is 6.57. The third-order valence-electron chi connectivity index (χ3n) is 3.48.